The van der Waals surface area contributed by atoms with Crippen molar-refractivity contribution in [2.45, 2.75) is 18.7 Å². The molecule has 3 aromatic rings. The minimum absolute atomic E-state index is 0.0131. The van der Waals surface area contributed by atoms with Gasteiger partial charge in [0.05, 0.1) is 14.2 Å². The highest BCUT2D eigenvalue weighted by Gasteiger charge is 2.21. The zero-order chi connectivity index (χ0) is 20.3. The topological polar surface area (TPSA) is 77.5 Å². The average Bonchev–Trinajstić information content (AvgIpc) is 2.68. The molecule has 146 valence electrons. The fourth-order valence-corrected chi connectivity index (χ4v) is 4.21. The van der Waals surface area contributed by atoms with Crippen molar-refractivity contribution < 1.29 is 17.9 Å². The molecule has 1 N–H and O–H groups in total. The Morgan fingerprint density at radius 2 is 1.68 bits per heavy atom. The van der Waals surface area contributed by atoms with Crippen molar-refractivity contribution in [1.82, 2.24) is 4.98 Å². The number of hydrogen-bond donors (Lipinski definition) is 1. The Morgan fingerprint density at radius 3 is 2.32 bits per heavy atom. The summed E-state index contributed by atoms with van der Waals surface area (Å²) >= 11 is 0. The minimum atomic E-state index is -3.86. The van der Waals surface area contributed by atoms with Crippen molar-refractivity contribution in [2.24, 2.45) is 0 Å². The van der Waals surface area contributed by atoms with E-state index in [2.05, 4.69) is 9.71 Å². The van der Waals surface area contributed by atoms with Gasteiger partial charge in [-0.05, 0) is 60.9 Å². The first-order chi connectivity index (χ1) is 13.4. The van der Waals surface area contributed by atoms with Gasteiger partial charge in [0.25, 0.3) is 10.0 Å². The van der Waals surface area contributed by atoms with Crippen LogP contribution in [-0.2, 0) is 10.0 Å². The van der Waals surface area contributed by atoms with E-state index >= 15 is 0 Å². The number of benzene rings is 2. The predicted octanol–water partition coefficient (Wildman–Crippen LogP) is 4.18. The molecular weight excluding hydrogens is 376 g/mol. The van der Waals surface area contributed by atoms with Gasteiger partial charge in [-0.3, -0.25) is 9.71 Å². The lowest BCUT2D eigenvalue weighted by molar-refractivity contribution is 0.392. The Labute approximate surface area is 165 Å². The van der Waals surface area contributed by atoms with Crippen LogP contribution in [0.5, 0.6) is 11.5 Å². The smallest absolute Gasteiger partial charge is 0.265 e. The lowest BCUT2D eigenvalue weighted by atomic mass is 9.98. The Morgan fingerprint density at radius 1 is 0.893 bits per heavy atom. The van der Waals surface area contributed by atoms with E-state index < -0.39 is 10.0 Å². The van der Waals surface area contributed by atoms with Crippen molar-refractivity contribution in [3.8, 4) is 22.6 Å². The molecule has 28 heavy (non-hydrogen) atoms. The molecule has 0 aliphatic rings. The van der Waals surface area contributed by atoms with Gasteiger partial charge in [0.2, 0.25) is 0 Å². The summed E-state index contributed by atoms with van der Waals surface area (Å²) in [4.78, 5) is 4.20. The zero-order valence-corrected chi connectivity index (χ0v) is 17.0. The second-order valence-electron chi connectivity index (χ2n) is 6.34. The van der Waals surface area contributed by atoms with Crippen LogP contribution in [0, 0.1) is 13.8 Å². The standard InChI is InChI=1S/C21H22N2O4S/c1-14-9-10-22-13-19(14)18-7-5-16(11-15(18)2)23-28(24,25)21-12-17(26-3)6-8-20(21)27-4/h5-13,23H,1-4H3. The predicted molar refractivity (Wildman–Crippen MR) is 110 cm³/mol. The summed E-state index contributed by atoms with van der Waals surface area (Å²) in [6.07, 6.45) is 3.56. The largest absolute Gasteiger partial charge is 0.497 e. The monoisotopic (exact) mass is 398 g/mol. The quantitative estimate of drug-likeness (QED) is 0.674. The van der Waals surface area contributed by atoms with E-state index in [-0.39, 0.29) is 10.6 Å². The van der Waals surface area contributed by atoms with Crippen molar-refractivity contribution in [1.29, 1.82) is 0 Å². The van der Waals surface area contributed by atoms with Crippen LogP contribution in [0.3, 0.4) is 0 Å². The Kier molecular flexibility index (Phi) is 5.56. The Bertz CT molecular complexity index is 1110. The van der Waals surface area contributed by atoms with Crippen LogP contribution in [0.15, 0.2) is 59.8 Å². The summed E-state index contributed by atoms with van der Waals surface area (Å²) in [5, 5.41) is 0. The van der Waals surface area contributed by atoms with Gasteiger partial charge in [0, 0.05) is 29.7 Å². The van der Waals surface area contributed by atoms with Gasteiger partial charge >= 0.3 is 0 Å². The number of sulfonamides is 1. The van der Waals surface area contributed by atoms with Crippen molar-refractivity contribution in [3.63, 3.8) is 0 Å². The van der Waals surface area contributed by atoms with Gasteiger partial charge in [-0.1, -0.05) is 6.07 Å². The molecular formula is C21H22N2O4S. The van der Waals surface area contributed by atoms with E-state index in [4.69, 9.17) is 9.47 Å². The van der Waals surface area contributed by atoms with Crippen molar-refractivity contribution >= 4 is 15.7 Å². The molecule has 0 amide bonds. The number of nitrogens with zero attached hydrogens (tertiary/aromatic N) is 1. The van der Waals surface area contributed by atoms with Gasteiger partial charge in [-0.15, -0.1) is 0 Å². The summed E-state index contributed by atoms with van der Waals surface area (Å²) in [5.74, 6) is 0.674. The Hall–Kier alpha value is -3.06. The lowest BCUT2D eigenvalue weighted by Gasteiger charge is -2.14. The molecule has 2 aromatic carbocycles. The maximum Gasteiger partial charge on any atom is 0.265 e. The van der Waals surface area contributed by atoms with Gasteiger partial charge in [0.1, 0.15) is 16.4 Å². The van der Waals surface area contributed by atoms with Crippen LogP contribution in [0.2, 0.25) is 0 Å². The number of anilines is 1. The number of rotatable bonds is 6. The second kappa shape index (κ2) is 7.90. The van der Waals surface area contributed by atoms with Crippen LogP contribution in [0.1, 0.15) is 11.1 Å². The summed E-state index contributed by atoms with van der Waals surface area (Å²) in [5.41, 5.74) is 4.53. The molecule has 0 aliphatic heterocycles. The molecule has 0 fully saturated rings. The van der Waals surface area contributed by atoms with Crippen LogP contribution in [0.4, 0.5) is 5.69 Å². The first-order valence-electron chi connectivity index (χ1n) is 8.62. The highest BCUT2D eigenvalue weighted by Crippen LogP contribution is 2.32. The maximum absolute atomic E-state index is 12.9. The molecule has 0 spiro atoms. The number of aryl methyl sites for hydroxylation is 2. The van der Waals surface area contributed by atoms with Gasteiger partial charge in [0.15, 0.2) is 0 Å². The fraction of sp³-hybridized carbons (Fsp3) is 0.190. The summed E-state index contributed by atoms with van der Waals surface area (Å²) < 4.78 is 38.8. The molecule has 6 nitrogen and oxygen atoms in total. The zero-order valence-electron chi connectivity index (χ0n) is 16.2. The highest BCUT2D eigenvalue weighted by atomic mass is 32.2. The second-order valence-corrected chi connectivity index (χ2v) is 7.99. The highest BCUT2D eigenvalue weighted by molar-refractivity contribution is 7.92. The van der Waals surface area contributed by atoms with Crippen molar-refractivity contribution in [3.05, 3.63) is 66.0 Å². The SMILES string of the molecule is COc1ccc(OC)c(S(=O)(=O)Nc2ccc(-c3cnccc3C)c(C)c2)c1. The van der Waals surface area contributed by atoms with Crippen LogP contribution in [-0.4, -0.2) is 27.6 Å². The molecule has 0 atom stereocenters. The van der Waals surface area contributed by atoms with Crippen LogP contribution < -0.4 is 14.2 Å². The molecule has 7 heteroatoms. The number of aromatic nitrogens is 1. The third kappa shape index (κ3) is 3.94. The normalized spacial score (nSPS) is 11.1. The molecule has 0 unspecified atom stereocenters. The average molecular weight is 398 g/mol. The molecule has 0 aliphatic carbocycles. The minimum Gasteiger partial charge on any atom is -0.497 e. The van der Waals surface area contributed by atoms with E-state index in [0.717, 1.165) is 22.3 Å². The number of ether oxygens (including phenoxy) is 2. The van der Waals surface area contributed by atoms with E-state index in [1.807, 2.05) is 32.2 Å². The number of pyridine rings is 1. The molecule has 3 rings (SSSR count). The molecule has 0 saturated heterocycles. The van der Waals surface area contributed by atoms with E-state index in [1.54, 1.807) is 30.5 Å². The number of hydrogen-bond acceptors (Lipinski definition) is 5. The summed E-state index contributed by atoms with van der Waals surface area (Å²) in [6.45, 7) is 3.95. The molecule has 1 aromatic heterocycles. The fourth-order valence-electron chi connectivity index (χ4n) is 2.98. The van der Waals surface area contributed by atoms with E-state index in [1.165, 1.54) is 20.3 Å². The van der Waals surface area contributed by atoms with Crippen LogP contribution in [0.25, 0.3) is 11.1 Å². The summed E-state index contributed by atoms with van der Waals surface area (Å²) in [7, 11) is -0.952. The van der Waals surface area contributed by atoms with Crippen molar-refractivity contribution in [2.75, 3.05) is 18.9 Å². The van der Waals surface area contributed by atoms with Crippen LogP contribution >= 0.6 is 0 Å². The third-order valence-corrected chi connectivity index (χ3v) is 5.87. The number of methoxy groups -OCH3 is 2. The molecule has 0 saturated carbocycles. The summed E-state index contributed by atoms with van der Waals surface area (Å²) in [6, 6.07) is 12.0. The Balaban J connectivity index is 1.96. The molecule has 0 radical (unpaired) electrons. The first kappa shape index (κ1) is 19.7. The molecule has 1 heterocycles. The number of nitrogens with one attached hydrogen (secondary N) is 1. The van der Waals surface area contributed by atoms with Gasteiger partial charge in [-0.25, -0.2) is 8.42 Å². The molecule has 0 bridgehead atoms. The lowest BCUT2D eigenvalue weighted by Crippen LogP contribution is -2.14. The van der Waals surface area contributed by atoms with Gasteiger partial charge in [-0.2, -0.15) is 0 Å². The van der Waals surface area contributed by atoms with Gasteiger partial charge < -0.3 is 9.47 Å². The van der Waals surface area contributed by atoms with E-state index in [9.17, 15) is 8.42 Å². The first-order valence-corrected chi connectivity index (χ1v) is 10.1. The maximum atomic E-state index is 12.9. The van der Waals surface area contributed by atoms with E-state index in [0.29, 0.717) is 11.4 Å². The third-order valence-electron chi connectivity index (χ3n) is 4.47.